The molecule has 3 heteroatoms. The van der Waals surface area contributed by atoms with E-state index in [2.05, 4.69) is 19.2 Å². The average Bonchev–Trinajstić information content (AvgIpc) is 2.98. The van der Waals surface area contributed by atoms with Crippen molar-refractivity contribution in [3.05, 3.63) is 0 Å². The van der Waals surface area contributed by atoms with Gasteiger partial charge in [0.05, 0.1) is 5.25 Å². The minimum Gasteiger partial charge on any atom is -0.313 e. The normalized spacial score (nSPS) is 34.5. The van der Waals surface area contributed by atoms with Crippen molar-refractivity contribution in [1.29, 1.82) is 0 Å². The van der Waals surface area contributed by atoms with Crippen LogP contribution in [0, 0.1) is 5.92 Å². The third-order valence-electron chi connectivity index (χ3n) is 5.06. The second-order valence-electron chi connectivity index (χ2n) is 6.42. The summed E-state index contributed by atoms with van der Waals surface area (Å²) in [6.07, 6.45) is 11.2. The average molecular weight is 285 g/mol. The number of hydrogen-bond acceptors (Lipinski definition) is 2. The van der Waals surface area contributed by atoms with Crippen LogP contribution in [0.15, 0.2) is 0 Å². The highest BCUT2D eigenvalue weighted by molar-refractivity contribution is 7.86. The molecule has 0 aliphatic heterocycles. The van der Waals surface area contributed by atoms with Gasteiger partial charge in [-0.1, -0.05) is 33.1 Å². The maximum Gasteiger partial charge on any atom is 0.0506 e. The Hall–Kier alpha value is 0.110. The summed E-state index contributed by atoms with van der Waals surface area (Å²) in [7, 11) is -0.600. The fourth-order valence-electron chi connectivity index (χ4n) is 3.77. The lowest BCUT2D eigenvalue weighted by atomic mass is 9.84. The fraction of sp³-hybridized carbons (Fsp3) is 1.00. The SMILES string of the molecule is CCCNC1CCC(CC)CC1S(=O)C1CCCC1. The van der Waals surface area contributed by atoms with Gasteiger partial charge in [0, 0.05) is 22.1 Å². The minimum absolute atomic E-state index is 0.424. The van der Waals surface area contributed by atoms with Crippen LogP contribution < -0.4 is 5.32 Å². The molecule has 0 amide bonds. The van der Waals surface area contributed by atoms with E-state index >= 15 is 0 Å². The zero-order chi connectivity index (χ0) is 13.7. The molecule has 1 N–H and O–H groups in total. The number of rotatable bonds is 6. The Labute approximate surface area is 121 Å². The van der Waals surface area contributed by atoms with Crippen molar-refractivity contribution in [2.24, 2.45) is 5.92 Å². The van der Waals surface area contributed by atoms with Crippen molar-refractivity contribution in [3.63, 3.8) is 0 Å². The van der Waals surface area contributed by atoms with Gasteiger partial charge in [0.25, 0.3) is 0 Å². The molecule has 0 bridgehead atoms. The predicted octanol–water partition coefficient (Wildman–Crippen LogP) is 3.62. The Morgan fingerprint density at radius 2 is 1.84 bits per heavy atom. The summed E-state index contributed by atoms with van der Waals surface area (Å²) < 4.78 is 12.9. The quantitative estimate of drug-likeness (QED) is 0.807. The van der Waals surface area contributed by atoms with Crippen molar-refractivity contribution in [2.45, 2.75) is 88.2 Å². The molecule has 4 atom stereocenters. The van der Waals surface area contributed by atoms with E-state index in [4.69, 9.17) is 0 Å². The van der Waals surface area contributed by atoms with Gasteiger partial charge in [0.2, 0.25) is 0 Å². The standard InChI is InChI=1S/C16H31NOS/c1-3-11-17-15-10-9-13(4-2)12-16(15)19(18)14-7-5-6-8-14/h13-17H,3-12H2,1-2H3. The monoisotopic (exact) mass is 285 g/mol. The van der Waals surface area contributed by atoms with E-state index < -0.39 is 10.8 Å². The highest BCUT2D eigenvalue weighted by Gasteiger charge is 2.37. The molecule has 2 nitrogen and oxygen atoms in total. The zero-order valence-corrected chi connectivity index (χ0v) is 13.5. The first-order valence-electron chi connectivity index (χ1n) is 8.39. The van der Waals surface area contributed by atoms with Crippen molar-refractivity contribution in [1.82, 2.24) is 5.32 Å². The van der Waals surface area contributed by atoms with Crippen LogP contribution in [0.2, 0.25) is 0 Å². The molecule has 0 aromatic heterocycles. The van der Waals surface area contributed by atoms with Crippen LogP contribution in [0.4, 0.5) is 0 Å². The predicted molar refractivity (Wildman–Crippen MR) is 83.9 cm³/mol. The number of hydrogen-bond donors (Lipinski definition) is 1. The van der Waals surface area contributed by atoms with Gasteiger partial charge in [-0.3, -0.25) is 4.21 Å². The van der Waals surface area contributed by atoms with Gasteiger partial charge in [-0.2, -0.15) is 0 Å². The van der Waals surface area contributed by atoms with Crippen LogP contribution in [0.5, 0.6) is 0 Å². The maximum atomic E-state index is 12.9. The van der Waals surface area contributed by atoms with E-state index in [1.54, 1.807) is 0 Å². The lowest BCUT2D eigenvalue weighted by Gasteiger charge is -2.37. The van der Waals surface area contributed by atoms with Gasteiger partial charge in [0.1, 0.15) is 0 Å². The molecule has 0 spiro atoms. The van der Waals surface area contributed by atoms with E-state index in [-0.39, 0.29) is 0 Å². The Kier molecular flexibility index (Phi) is 6.34. The molecule has 2 rings (SSSR count). The van der Waals surface area contributed by atoms with Crippen molar-refractivity contribution >= 4 is 10.8 Å². The molecular weight excluding hydrogens is 254 g/mol. The molecule has 2 aliphatic rings. The molecule has 0 saturated heterocycles. The van der Waals surface area contributed by atoms with E-state index in [0.29, 0.717) is 16.5 Å². The molecule has 0 radical (unpaired) electrons. The summed E-state index contributed by atoms with van der Waals surface area (Å²) in [4.78, 5) is 0. The van der Waals surface area contributed by atoms with E-state index in [1.807, 2.05) is 0 Å². The van der Waals surface area contributed by atoms with Gasteiger partial charge in [-0.05, 0) is 51.0 Å². The molecule has 112 valence electrons. The molecule has 19 heavy (non-hydrogen) atoms. The van der Waals surface area contributed by atoms with Gasteiger partial charge in [0.15, 0.2) is 0 Å². The highest BCUT2D eigenvalue weighted by Crippen LogP contribution is 2.34. The zero-order valence-electron chi connectivity index (χ0n) is 12.7. The maximum absolute atomic E-state index is 12.9. The first-order valence-corrected chi connectivity index (χ1v) is 9.66. The van der Waals surface area contributed by atoms with Crippen LogP contribution in [0.25, 0.3) is 0 Å². The lowest BCUT2D eigenvalue weighted by molar-refractivity contribution is 0.291. The summed E-state index contributed by atoms with van der Waals surface area (Å²) in [6.45, 7) is 5.59. The largest absolute Gasteiger partial charge is 0.313 e. The van der Waals surface area contributed by atoms with E-state index in [0.717, 1.165) is 12.5 Å². The minimum atomic E-state index is -0.600. The topological polar surface area (TPSA) is 29.1 Å². The third kappa shape index (κ3) is 4.04. The summed E-state index contributed by atoms with van der Waals surface area (Å²) in [5.41, 5.74) is 0. The van der Waals surface area contributed by atoms with Crippen LogP contribution >= 0.6 is 0 Å². The van der Waals surface area contributed by atoms with Gasteiger partial charge in [-0.25, -0.2) is 0 Å². The third-order valence-corrected chi connectivity index (χ3v) is 7.31. The molecular formula is C16H31NOS. The van der Waals surface area contributed by atoms with Crippen LogP contribution in [0.3, 0.4) is 0 Å². The number of nitrogens with one attached hydrogen (secondary N) is 1. The molecule has 2 saturated carbocycles. The highest BCUT2D eigenvalue weighted by atomic mass is 32.2. The second-order valence-corrected chi connectivity index (χ2v) is 8.35. The summed E-state index contributed by atoms with van der Waals surface area (Å²) in [5, 5.41) is 4.61. The second kappa shape index (κ2) is 7.78. The summed E-state index contributed by atoms with van der Waals surface area (Å²) in [6, 6.07) is 0.518. The molecule has 0 aromatic carbocycles. The summed E-state index contributed by atoms with van der Waals surface area (Å²) >= 11 is 0. The van der Waals surface area contributed by atoms with E-state index in [1.165, 1.54) is 57.8 Å². The Balaban J connectivity index is 1.98. The Bertz CT molecular complexity index is 288. The van der Waals surface area contributed by atoms with Crippen molar-refractivity contribution < 1.29 is 4.21 Å². The van der Waals surface area contributed by atoms with Crippen LogP contribution in [-0.4, -0.2) is 27.3 Å². The van der Waals surface area contributed by atoms with Gasteiger partial charge in [-0.15, -0.1) is 0 Å². The summed E-state index contributed by atoms with van der Waals surface area (Å²) in [5.74, 6) is 0.815. The smallest absolute Gasteiger partial charge is 0.0506 e. The molecule has 0 heterocycles. The first kappa shape index (κ1) is 15.5. The van der Waals surface area contributed by atoms with Gasteiger partial charge >= 0.3 is 0 Å². The van der Waals surface area contributed by atoms with Crippen LogP contribution in [0.1, 0.15) is 71.6 Å². The van der Waals surface area contributed by atoms with Crippen molar-refractivity contribution in [2.75, 3.05) is 6.54 Å². The molecule has 2 fully saturated rings. The fourth-order valence-corrected chi connectivity index (χ4v) is 6.08. The Morgan fingerprint density at radius 3 is 2.47 bits per heavy atom. The van der Waals surface area contributed by atoms with Gasteiger partial charge < -0.3 is 5.32 Å². The molecule has 0 aromatic rings. The lowest BCUT2D eigenvalue weighted by Crippen LogP contribution is -2.48. The van der Waals surface area contributed by atoms with Crippen LogP contribution in [-0.2, 0) is 10.8 Å². The van der Waals surface area contributed by atoms with Crippen molar-refractivity contribution in [3.8, 4) is 0 Å². The molecule has 2 aliphatic carbocycles. The van der Waals surface area contributed by atoms with E-state index in [9.17, 15) is 4.21 Å². The first-order chi connectivity index (χ1) is 9.26. The molecule has 4 unspecified atom stereocenters. The Morgan fingerprint density at radius 1 is 1.11 bits per heavy atom.